The molecule has 176 valence electrons. The van der Waals surface area contributed by atoms with E-state index in [-0.39, 0.29) is 23.8 Å². The molecule has 1 amide bonds. The SMILES string of the molecule is COc1cc(CC2C(=O)N(B(C)O)CC2c2ccc(OC)c(OC3CCCC3)c2)ccc1C. The summed E-state index contributed by atoms with van der Waals surface area (Å²) in [6.07, 6.45) is 5.29. The van der Waals surface area contributed by atoms with E-state index in [0.29, 0.717) is 18.7 Å². The topological polar surface area (TPSA) is 68.2 Å². The summed E-state index contributed by atoms with van der Waals surface area (Å²) < 4.78 is 17.3. The van der Waals surface area contributed by atoms with Crippen LogP contribution in [0.2, 0.25) is 6.82 Å². The quantitative estimate of drug-likeness (QED) is 0.609. The highest BCUT2D eigenvalue weighted by Gasteiger charge is 2.43. The number of methoxy groups -OCH3 is 2. The molecule has 2 atom stereocenters. The fraction of sp³-hybridized carbons (Fsp3) is 0.500. The van der Waals surface area contributed by atoms with Crippen molar-refractivity contribution in [2.75, 3.05) is 20.8 Å². The predicted octanol–water partition coefficient (Wildman–Crippen LogP) is 4.23. The fourth-order valence-electron chi connectivity index (χ4n) is 5.17. The van der Waals surface area contributed by atoms with E-state index in [1.807, 2.05) is 37.3 Å². The van der Waals surface area contributed by atoms with Crippen LogP contribution in [0.5, 0.6) is 17.2 Å². The van der Waals surface area contributed by atoms with Gasteiger partial charge in [0.2, 0.25) is 5.91 Å². The van der Waals surface area contributed by atoms with Gasteiger partial charge in [-0.25, -0.2) is 0 Å². The first kappa shape index (κ1) is 23.5. The number of ether oxygens (including phenoxy) is 3. The van der Waals surface area contributed by atoms with Gasteiger partial charge in [0, 0.05) is 18.4 Å². The summed E-state index contributed by atoms with van der Waals surface area (Å²) in [5.74, 6) is 1.90. The van der Waals surface area contributed by atoms with E-state index in [1.54, 1.807) is 25.9 Å². The summed E-state index contributed by atoms with van der Waals surface area (Å²) >= 11 is 0. The van der Waals surface area contributed by atoms with Crippen LogP contribution in [0.25, 0.3) is 0 Å². The van der Waals surface area contributed by atoms with Gasteiger partial charge < -0.3 is 24.0 Å². The van der Waals surface area contributed by atoms with Gasteiger partial charge >= 0.3 is 7.05 Å². The van der Waals surface area contributed by atoms with Crippen LogP contribution in [0.4, 0.5) is 0 Å². The van der Waals surface area contributed by atoms with E-state index in [1.165, 1.54) is 12.8 Å². The van der Waals surface area contributed by atoms with Gasteiger partial charge in [-0.05, 0) is 80.7 Å². The first-order valence-corrected chi connectivity index (χ1v) is 11.9. The molecule has 33 heavy (non-hydrogen) atoms. The van der Waals surface area contributed by atoms with Crippen molar-refractivity contribution in [3.63, 3.8) is 0 Å². The lowest BCUT2D eigenvalue weighted by molar-refractivity contribution is -0.127. The Bertz CT molecular complexity index is 989. The van der Waals surface area contributed by atoms with Crippen LogP contribution in [0.1, 0.15) is 48.3 Å². The van der Waals surface area contributed by atoms with E-state index in [0.717, 1.165) is 41.0 Å². The fourth-order valence-corrected chi connectivity index (χ4v) is 5.17. The molecule has 1 saturated heterocycles. The lowest BCUT2D eigenvalue weighted by Gasteiger charge is -2.21. The molecule has 2 aromatic carbocycles. The molecule has 7 heteroatoms. The number of aryl methyl sites for hydroxylation is 1. The molecule has 2 aliphatic rings. The summed E-state index contributed by atoms with van der Waals surface area (Å²) in [5, 5.41) is 10.3. The van der Waals surface area contributed by atoms with Gasteiger partial charge in [-0.3, -0.25) is 4.79 Å². The molecule has 1 N–H and O–H groups in total. The van der Waals surface area contributed by atoms with Crippen molar-refractivity contribution in [3.05, 3.63) is 53.1 Å². The summed E-state index contributed by atoms with van der Waals surface area (Å²) in [5.41, 5.74) is 3.14. The third kappa shape index (κ3) is 4.98. The van der Waals surface area contributed by atoms with Crippen LogP contribution < -0.4 is 14.2 Å². The maximum absolute atomic E-state index is 13.3. The molecular weight excluding hydrogens is 417 g/mol. The minimum Gasteiger partial charge on any atom is -0.496 e. The lowest BCUT2D eigenvalue weighted by Crippen LogP contribution is -2.39. The number of benzene rings is 2. The number of carbonyl (C=O) groups is 1. The average molecular weight is 451 g/mol. The summed E-state index contributed by atoms with van der Waals surface area (Å²) in [4.78, 5) is 14.9. The molecule has 6 nitrogen and oxygen atoms in total. The van der Waals surface area contributed by atoms with Crippen molar-refractivity contribution in [2.24, 2.45) is 5.92 Å². The molecule has 1 heterocycles. The Balaban J connectivity index is 1.65. The lowest BCUT2D eigenvalue weighted by atomic mass is 9.84. The third-order valence-corrected chi connectivity index (χ3v) is 7.07. The summed E-state index contributed by atoms with van der Waals surface area (Å²) in [7, 11) is 2.48. The number of carbonyl (C=O) groups excluding carboxylic acids is 1. The zero-order valence-corrected chi connectivity index (χ0v) is 20.0. The zero-order chi connectivity index (χ0) is 23.5. The second-order valence-corrected chi connectivity index (χ2v) is 9.28. The standard InChI is InChI=1S/C26H34BNO5/c1-17-9-10-18(14-24(17)32-4)13-21-22(16-28(26(21)29)27(2)30)19-11-12-23(31-3)25(15-19)33-20-7-5-6-8-20/h9-12,14-15,20-22,30H,5-8,13,16H2,1-4H3. The van der Waals surface area contributed by atoms with Crippen molar-refractivity contribution in [2.45, 2.75) is 57.9 Å². The Morgan fingerprint density at radius 2 is 1.76 bits per heavy atom. The minimum absolute atomic E-state index is 0.0244. The highest BCUT2D eigenvalue weighted by molar-refractivity contribution is 6.49. The molecule has 0 radical (unpaired) electrons. The maximum atomic E-state index is 13.3. The highest BCUT2D eigenvalue weighted by atomic mass is 16.5. The van der Waals surface area contributed by atoms with Crippen molar-refractivity contribution in [1.82, 2.24) is 4.81 Å². The summed E-state index contributed by atoms with van der Waals surface area (Å²) in [6.45, 7) is 4.12. The maximum Gasteiger partial charge on any atom is 0.411 e. The second kappa shape index (κ2) is 10.1. The molecule has 4 rings (SSSR count). The molecule has 1 saturated carbocycles. The van der Waals surface area contributed by atoms with Gasteiger partial charge in [-0.2, -0.15) is 0 Å². The van der Waals surface area contributed by atoms with Crippen molar-refractivity contribution in [3.8, 4) is 17.2 Å². The zero-order valence-electron chi connectivity index (χ0n) is 20.0. The second-order valence-electron chi connectivity index (χ2n) is 9.28. The number of nitrogens with zero attached hydrogens (tertiary/aromatic N) is 1. The average Bonchev–Trinajstić information content (AvgIpc) is 3.43. The van der Waals surface area contributed by atoms with Gasteiger partial charge in [0.05, 0.1) is 20.3 Å². The number of hydrogen-bond acceptors (Lipinski definition) is 5. The minimum atomic E-state index is -0.829. The molecule has 0 spiro atoms. The number of amides is 1. The number of hydrogen-bond donors (Lipinski definition) is 1. The molecule has 2 unspecified atom stereocenters. The van der Waals surface area contributed by atoms with Crippen LogP contribution in [0.3, 0.4) is 0 Å². The highest BCUT2D eigenvalue weighted by Crippen LogP contribution is 2.41. The predicted molar refractivity (Wildman–Crippen MR) is 129 cm³/mol. The van der Waals surface area contributed by atoms with E-state index >= 15 is 0 Å². The first-order chi connectivity index (χ1) is 15.9. The van der Waals surface area contributed by atoms with Gasteiger partial charge in [-0.15, -0.1) is 0 Å². The van der Waals surface area contributed by atoms with Gasteiger partial charge in [0.1, 0.15) is 5.75 Å². The third-order valence-electron chi connectivity index (χ3n) is 7.07. The van der Waals surface area contributed by atoms with E-state index in [9.17, 15) is 9.82 Å². The molecule has 0 bridgehead atoms. The van der Waals surface area contributed by atoms with Crippen molar-refractivity contribution in [1.29, 1.82) is 0 Å². The van der Waals surface area contributed by atoms with E-state index in [4.69, 9.17) is 14.2 Å². The normalized spacial score (nSPS) is 20.9. The molecule has 2 fully saturated rings. The smallest absolute Gasteiger partial charge is 0.411 e. The Labute approximate surface area is 197 Å². The monoisotopic (exact) mass is 451 g/mol. The van der Waals surface area contributed by atoms with Crippen molar-refractivity contribution < 1.29 is 24.0 Å². The van der Waals surface area contributed by atoms with Gasteiger partial charge in [0.25, 0.3) is 0 Å². The van der Waals surface area contributed by atoms with Crippen LogP contribution >= 0.6 is 0 Å². The Hall–Kier alpha value is -2.67. The molecule has 2 aromatic rings. The summed E-state index contributed by atoms with van der Waals surface area (Å²) in [6, 6.07) is 12.1. The van der Waals surface area contributed by atoms with E-state index in [2.05, 4.69) is 6.07 Å². The van der Waals surface area contributed by atoms with Crippen LogP contribution in [0, 0.1) is 12.8 Å². The Morgan fingerprint density at radius 3 is 2.42 bits per heavy atom. The van der Waals surface area contributed by atoms with Crippen molar-refractivity contribution >= 4 is 13.0 Å². The molecule has 1 aliphatic heterocycles. The molecular formula is C26H34BNO5. The molecule has 0 aromatic heterocycles. The molecule has 1 aliphatic carbocycles. The van der Waals surface area contributed by atoms with E-state index < -0.39 is 7.05 Å². The Morgan fingerprint density at radius 1 is 1.03 bits per heavy atom. The number of rotatable bonds is 8. The Kier molecular flexibility index (Phi) is 7.18. The largest absolute Gasteiger partial charge is 0.496 e. The van der Waals surface area contributed by atoms with Crippen LogP contribution in [-0.2, 0) is 11.2 Å². The van der Waals surface area contributed by atoms with Crippen LogP contribution in [0.15, 0.2) is 36.4 Å². The van der Waals surface area contributed by atoms with Gasteiger partial charge in [0.15, 0.2) is 11.5 Å². The van der Waals surface area contributed by atoms with Gasteiger partial charge in [-0.1, -0.05) is 18.2 Å². The van der Waals surface area contributed by atoms with Crippen LogP contribution in [-0.4, -0.2) is 49.7 Å². The first-order valence-electron chi connectivity index (χ1n) is 11.9.